The van der Waals surface area contributed by atoms with E-state index in [0.29, 0.717) is 21.9 Å². The molecule has 0 aliphatic carbocycles. The molecule has 48 heavy (non-hydrogen) atoms. The zero-order valence-corrected chi connectivity index (χ0v) is 27.1. The number of carbonyl (C=O) groups excluding carboxylic acids is 2. The zero-order chi connectivity index (χ0) is 33.2. The molecule has 3 heterocycles. The lowest BCUT2D eigenvalue weighted by molar-refractivity contribution is -0.645. The van der Waals surface area contributed by atoms with E-state index in [2.05, 4.69) is 6.92 Å². The second-order valence-corrected chi connectivity index (χ2v) is 13.1. The van der Waals surface area contributed by atoms with E-state index in [-0.39, 0.29) is 43.1 Å². The highest BCUT2D eigenvalue weighted by Gasteiger charge is 2.39. The fourth-order valence-electron chi connectivity index (χ4n) is 6.25. The highest BCUT2D eigenvalue weighted by molar-refractivity contribution is 7.99. The first-order valence-corrected chi connectivity index (χ1v) is 16.8. The molecule has 2 aliphatic heterocycles. The van der Waals surface area contributed by atoms with E-state index in [9.17, 15) is 19.9 Å². The molecule has 1 N–H and O–H groups in total. The van der Waals surface area contributed by atoms with Crippen molar-refractivity contribution in [2.45, 2.75) is 43.6 Å². The number of ether oxygens (including phenoxy) is 2. The molecule has 4 aromatic carbocycles. The fourth-order valence-corrected chi connectivity index (χ4v) is 7.33. The molecule has 1 aromatic heterocycles. The van der Waals surface area contributed by atoms with Crippen molar-refractivity contribution in [3.05, 3.63) is 160 Å². The lowest BCUT2D eigenvalue weighted by Gasteiger charge is -2.41. The first kappa shape index (κ1) is 31.8. The Morgan fingerprint density at radius 3 is 2.15 bits per heavy atom. The van der Waals surface area contributed by atoms with Crippen LogP contribution in [-0.2, 0) is 22.6 Å². The smallest absolute Gasteiger partial charge is 0.261 e. The standard InChI is InChI=1S/C39H34N2O6S/c1-25-34(24-48-35-11-4-5-20-41(35)45)46-39(47-36(25)29-14-12-26(23-42)13-15-29)30-18-16-28(17-19-30)31-8-6-7-27(21-31)22-40-37(43)32-9-2-3-10-33(32)38(40)44/h2-21,25,34,36,39,42H,22-24H2,1H3/t25-,34+,36+,39+/m1/s1. The summed E-state index contributed by atoms with van der Waals surface area (Å²) >= 11 is 1.46. The molecule has 0 spiro atoms. The Kier molecular flexibility index (Phi) is 9.10. The van der Waals surface area contributed by atoms with Gasteiger partial charge in [0.1, 0.15) is 0 Å². The van der Waals surface area contributed by atoms with E-state index in [1.54, 1.807) is 36.4 Å². The fraction of sp³-hybridized carbons (Fsp3) is 0.205. The third-order valence-corrected chi connectivity index (χ3v) is 10.1. The van der Waals surface area contributed by atoms with Gasteiger partial charge >= 0.3 is 0 Å². The van der Waals surface area contributed by atoms with Gasteiger partial charge in [0.15, 0.2) is 12.5 Å². The monoisotopic (exact) mass is 658 g/mol. The van der Waals surface area contributed by atoms with Crippen LogP contribution in [0.4, 0.5) is 0 Å². The number of benzene rings is 4. The normalized spacial score (nSPS) is 20.6. The average molecular weight is 659 g/mol. The Morgan fingerprint density at radius 2 is 1.46 bits per heavy atom. The molecule has 7 rings (SSSR count). The van der Waals surface area contributed by atoms with Crippen molar-refractivity contribution < 1.29 is 28.9 Å². The molecule has 1 saturated heterocycles. The van der Waals surface area contributed by atoms with Gasteiger partial charge in [-0.1, -0.05) is 97.5 Å². The molecule has 4 atom stereocenters. The topological polar surface area (TPSA) is 103 Å². The number of imide groups is 1. The maximum atomic E-state index is 12.9. The third kappa shape index (κ3) is 6.37. The molecule has 0 saturated carbocycles. The molecule has 2 aliphatic rings. The first-order valence-electron chi connectivity index (χ1n) is 15.9. The van der Waals surface area contributed by atoms with Gasteiger partial charge in [-0.05, 0) is 52.1 Å². The molecular weight excluding hydrogens is 625 g/mol. The van der Waals surface area contributed by atoms with Crippen molar-refractivity contribution in [1.29, 1.82) is 0 Å². The van der Waals surface area contributed by atoms with Gasteiger partial charge in [-0.25, -0.2) is 0 Å². The van der Waals surface area contributed by atoms with E-state index in [4.69, 9.17) is 9.47 Å². The number of aliphatic hydroxyl groups excluding tert-OH is 1. The molecule has 2 amide bonds. The SMILES string of the molecule is C[C@@H]1[C@H](CSc2cccc[n+]2[O-])O[C@H](c2ccc(-c3cccc(CN4C(=O)c5ccccc5C4=O)c3)cc2)O[C@@H]1c1ccc(CO)cc1. The summed E-state index contributed by atoms with van der Waals surface area (Å²) in [4.78, 5) is 27.1. The maximum Gasteiger partial charge on any atom is 0.261 e. The third-order valence-electron chi connectivity index (χ3n) is 8.97. The summed E-state index contributed by atoms with van der Waals surface area (Å²) in [5, 5.41) is 22.5. The van der Waals surface area contributed by atoms with E-state index in [1.807, 2.05) is 78.9 Å². The first-order chi connectivity index (χ1) is 23.4. The second kappa shape index (κ2) is 13.7. The Bertz CT molecular complexity index is 1910. The molecular formula is C39H34N2O6S. The lowest BCUT2D eigenvalue weighted by Crippen LogP contribution is -2.39. The number of hydrogen-bond acceptors (Lipinski definition) is 7. The number of rotatable bonds is 9. The van der Waals surface area contributed by atoms with Crippen molar-refractivity contribution >= 4 is 23.6 Å². The number of pyridine rings is 1. The van der Waals surface area contributed by atoms with Crippen LogP contribution in [-0.4, -0.2) is 33.7 Å². The summed E-state index contributed by atoms with van der Waals surface area (Å²) in [6.07, 6.45) is 0.372. The Morgan fingerprint density at radius 1 is 0.771 bits per heavy atom. The van der Waals surface area contributed by atoms with Crippen LogP contribution in [0.2, 0.25) is 0 Å². The van der Waals surface area contributed by atoms with Crippen molar-refractivity contribution in [2.75, 3.05) is 5.75 Å². The summed E-state index contributed by atoms with van der Waals surface area (Å²) in [6.45, 7) is 2.26. The van der Waals surface area contributed by atoms with Gasteiger partial charge in [0.2, 0.25) is 0 Å². The van der Waals surface area contributed by atoms with Crippen molar-refractivity contribution in [1.82, 2.24) is 4.90 Å². The lowest BCUT2D eigenvalue weighted by atomic mass is 9.91. The molecule has 1 fully saturated rings. The number of thioether (sulfide) groups is 1. The van der Waals surface area contributed by atoms with Crippen molar-refractivity contribution in [3.63, 3.8) is 0 Å². The van der Waals surface area contributed by atoms with Crippen molar-refractivity contribution in [2.24, 2.45) is 5.92 Å². The van der Waals surface area contributed by atoms with Gasteiger partial charge in [-0.2, -0.15) is 4.73 Å². The van der Waals surface area contributed by atoms with Crippen LogP contribution in [0.1, 0.15) is 62.3 Å². The summed E-state index contributed by atoms with van der Waals surface area (Å²) in [5.41, 5.74) is 6.35. The van der Waals surface area contributed by atoms with Gasteiger partial charge in [0, 0.05) is 29.4 Å². The van der Waals surface area contributed by atoms with Crippen LogP contribution in [0.3, 0.4) is 0 Å². The zero-order valence-electron chi connectivity index (χ0n) is 26.3. The molecule has 242 valence electrons. The number of amides is 2. The summed E-state index contributed by atoms with van der Waals surface area (Å²) < 4.78 is 14.0. The van der Waals surface area contributed by atoms with Gasteiger partial charge < -0.3 is 19.8 Å². The van der Waals surface area contributed by atoms with E-state index < -0.39 is 6.29 Å². The number of hydrogen-bond donors (Lipinski definition) is 1. The Labute approximate surface area is 283 Å². The summed E-state index contributed by atoms with van der Waals surface area (Å²) in [6, 6.07) is 35.9. The summed E-state index contributed by atoms with van der Waals surface area (Å²) in [5.74, 6) is 0.00272. The van der Waals surface area contributed by atoms with Crippen LogP contribution in [0, 0.1) is 11.1 Å². The molecule has 0 unspecified atom stereocenters. The quantitative estimate of drug-likeness (QED) is 0.0799. The average Bonchev–Trinajstić information content (AvgIpc) is 3.36. The molecule has 8 nitrogen and oxygen atoms in total. The van der Waals surface area contributed by atoms with Crippen LogP contribution in [0.5, 0.6) is 0 Å². The minimum atomic E-state index is -0.640. The highest BCUT2D eigenvalue weighted by atomic mass is 32.2. The number of carbonyl (C=O) groups is 2. The molecule has 9 heteroatoms. The van der Waals surface area contributed by atoms with Crippen LogP contribution < -0.4 is 4.73 Å². The number of fused-ring (bicyclic) bond motifs is 1. The minimum Gasteiger partial charge on any atom is -0.618 e. The number of nitrogens with zero attached hydrogens (tertiary/aromatic N) is 2. The van der Waals surface area contributed by atoms with Gasteiger partial charge in [-0.15, -0.1) is 0 Å². The largest absolute Gasteiger partial charge is 0.618 e. The number of aliphatic hydroxyl groups is 1. The van der Waals surface area contributed by atoms with E-state index in [1.165, 1.54) is 22.9 Å². The van der Waals surface area contributed by atoms with Crippen molar-refractivity contribution in [3.8, 4) is 11.1 Å². The van der Waals surface area contributed by atoms with E-state index >= 15 is 0 Å². The molecule has 0 bridgehead atoms. The maximum absolute atomic E-state index is 12.9. The van der Waals surface area contributed by atoms with Crippen LogP contribution in [0.15, 0.2) is 126 Å². The molecule has 0 radical (unpaired) electrons. The van der Waals surface area contributed by atoms with Gasteiger partial charge in [0.25, 0.3) is 16.8 Å². The highest BCUT2D eigenvalue weighted by Crippen LogP contribution is 2.43. The minimum absolute atomic E-state index is 0.0123. The van der Waals surface area contributed by atoms with Crippen LogP contribution in [0.25, 0.3) is 11.1 Å². The summed E-state index contributed by atoms with van der Waals surface area (Å²) in [7, 11) is 0. The Balaban J connectivity index is 1.10. The van der Waals surface area contributed by atoms with E-state index in [0.717, 1.165) is 38.1 Å². The predicted molar refractivity (Wildman–Crippen MR) is 182 cm³/mol. The Hall–Kier alpha value is -4.80. The second-order valence-electron chi connectivity index (χ2n) is 12.1. The predicted octanol–water partition coefficient (Wildman–Crippen LogP) is 6.86. The van der Waals surface area contributed by atoms with Crippen LogP contribution >= 0.6 is 11.8 Å². The molecule has 5 aromatic rings. The number of aromatic nitrogens is 1. The van der Waals surface area contributed by atoms with Gasteiger partial charge in [0.05, 0.1) is 36.5 Å². The van der Waals surface area contributed by atoms with Gasteiger partial charge in [-0.3, -0.25) is 14.5 Å².